The maximum atomic E-state index is 12.9. The Labute approximate surface area is 153 Å². The van der Waals surface area contributed by atoms with E-state index in [1.54, 1.807) is 17.8 Å². The van der Waals surface area contributed by atoms with Gasteiger partial charge in [0, 0.05) is 29.9 Å². The molecule has 0 saturated heterocycles. The topological polar surface area (TPSA) is 84.0 Å². The van der Waals surface area contributed by atoms with E-state index < -0.39 is 5.82 Å². The van der Waals surface area contributed by atoms with E-state index in [0.717, 1.165) is 5.56 Å². The number of nitrogens with one attached hydrogen (secondary N) is 2. The first-order chi connectivity index (χ1) is 12.6. The predicted molar refractivity (Wildman–Crippen MR) is 96.3 cm³/mol. The van der Waals surface area contributed by atoms with Gasteiger partial charge in [0.1, 0.15) is 5.82 Å². The fourth-order valence-electron chi connectivity index (χ4n) is 2.14. The minimum atomic E-state index is -0.407. The highest BCUT2D eigenvalue weighted by atomic mass is 32.1. The van der Waals surface area contributed by atoms with Gasteiger partial charge in [-0.1, -0.05) is 0 Å². The van der Waals surface area contributed by atoms with Gasteiger partial charge in [0.15, 0.2) is 5.13 Å². The molecular weight excluding hydrogens is 355 g/mol. The number of halogens is 1. The summed E-state index contributed by atoms with van der Waals surface area (Å²) in [6.45, 7) is 0.416. The molecule has 0 spiro atoms. The van der Waals surface area contributed by atoms with Crippen molar-refractivity contribution in [3.63, 3.8) is 0 Å². The monoisotopic (exact) mass is 370 g/mol. The molecule has 0 aliphatic heterocycles. The van der Waals surface area contributed by atoms with Gasteiger partial charge in [-0.15, -0.1) is 11.3 Å². The van der Waals surface area contributed by atoms with E-state index in [1.165, 1.54) is 35.6 Å². The van der Waals surface area contributed by atoms with E-state index in [4.69, 9.17) is 0 Å². The molecule has 0 aliphatic carbocycles. The van der Waals surface area contributed by atoms with Crippen molar-refractivity contribution in [2.45, 2.75) is 13.0 Å². The van der Waals surface area contributed by atoms with Crippen LogP contribution in [-0.4, -0.2) is 21.8 Å². The second kappa shape index (κ2) is 8.30. The molecule has 132 valence electrons. The molecule has 0 atom stereocenters. The third-order valence-corrected chi connectivity index (χ3v) is 4.27. The first-order valence-electron chi connectivity index (χ1n) is 7.77. The first-order valence-corrected chi connectivity index (χ1v) is 8.65. The van der Waals surface area contributed by atoms with Gasteiger partial charge in [-0.2, -0.15) is 0 Å². The highest BCUT2D eigenvalue weighted by molar-refractivity contribution is 7.14. The molecule has 26 heavy (non-hydrogen) atoms. The Kier molecular flexibility index (Phi) is 5.65. The number of thiazole rings is 1. The number of anilines is 1. The number of hydrogen-bond acceptors (Lipinski definition) is 5. The maximum Gasteiger partial charge on any atom is 0.257 e. The molecule has 0 fully saturated rings. The quantitative estimate of drug-likeness (QED) is 0.699. The Morgan fingerprint density at radius 3 is 2.54 bits per heavy atom. The number of benzene rings is 1. The predicted octanol–water partition coefficient (Wildman–Crippen LogP) is 2.79. The van der Waals surface area contributed by atoms with Crippen molar-refractivity contribution in [1.82, 2.24) is 15.3 Å². The van der Waals surface area contributed by atoms with Crippen LogP contribution in [0.4, 0.5) is 9.52 Å². The third-order valence-electron chi connectivity index (χ3n) is 3.46. The van der Waals surface area contributed by atoms with Crippen molar-refractivity contribution in [3.8, 4) is 0 Å². The minimum absolute atomic E-state index is 0.119. The lowest BCUT2D eigenvalue weighted by atomic mass is 10.2. The fourth-order valence-corrected chi connectivity index (χ4v) is 2.85. The van der Waals surface area contributed by atoms with E-state index in [-0.39, 0.29) is 18.2 Å². The molecule has 0 aliphatic rings. The molecule has 6 nitrogen and oxygen atoms in total. The number of aromatic nitrogens is 2. The Hall–Kier alpha value is -3.13. The summed E-state index contributed by atoms with van der Waals surface area (Å²) in [6.07, 6.45) is 3.45. The lowest BCUT2D eigenvalue weighted by Crippen LogP contribution is -2.24. The smallest absolute Gasteiger partial charge is 0.257 e. The van der Waals surface area contributed by atoms with E-state index in [2.05, 4.69) is 20.6 Å². The largest absolute Gasteiger partial charge is 0.352 e. The normalized spacial score (nSPS) is 10.3. The zero-order chi connectivity index (χ0) is 18.4. The van der Waals surface area contributed by atoms with Gasteiger partial charge in [0.05, 0.1) is 12.1 Å². The van der Waals surface area contributed by atoms with Crippen LogP contribution in [0.3, 0.4) is 0 Å². The molecule has 1 aromatic carbocycles. The van der Waals surface area contributed by atoms with Gasteiger partial charge >= 0.3 is 0 Å². The summed E-state index contributed by atoms with van der Waals surface area (Å²) in [7, 11) is 0. The second-order valence-corrected chi connectivity index (χ2v) is 6.27. The minimum Gasteiger partial charge on any atom is -0.352 e. The van der Waals surface area contributed by atoms with Crippen LogP contribution < -0.4 is 10.6 Å². The summed E-state index contributed by atoms with van der Waals surface area (Å²) >= 11 is 1.23. The summed E-state index contributed by atoms with van der Waals surface area (Å²) < 4.78 is 12.9. The van der Waals surface area contributed by atoms with Crippen molar-refractivity contribution in [1.29, 1.82) is 0 Å². The van der Waals surface area contributed by atoms with Gasteiger partial charge in [-0.3, -0.25) is 19.9 Å². The van der Waals surface area contributed by atoms with E-state index >= 15 is 0 Å². The summed E-state index contributed by atoms with van der Waals surface area (Å²) in [5.74, 6) is -0.951. The Morgan fingerprint density at radius 1 is 1.08 bits per heavy atom. The molecule has 0 radical (unpaired) electrons. The molecule has 3 aromatic rings. The molecule has 2 amide bonds. The zero-order valence-corrected chi connectivity index (χ0v) is 14.4. The molecule has 2 heterocycles. The van der Waals surface area contributed by atoms with E-state index in [9.17, 15) is 14.0 Å². The van der Waals surface area contributed by atoms with E-state index in [0.29, 0.717) is 22.9 Å². The molecule has 2 aromatic heterocycles. The molecule has 8 heteroatoms. The van der Waals surface area contributed by atoms with Crippen LogP contribution in [0.5, 0.6) is 0 Å². The number of pyridine rings is 1. The van der Waals surface area contributed by atoms with Crippen LogP contribution in [0, 0.1) is 5.82 Å². The summed E-state index contributed by atoms with van der Waals surface area (Å²) in [5.41, 5.74) is 1.86. The van der Waals surface area contributed by atoms with Crippen LogP contribution in [-0.2, 0) is 17.8 Å². The van der Waals surface area contributed by atoms with Crippen LogP contribution in [0.2, 0.25) is 0 Å². The summed E-state index contributed by atoms with van der Waals surface area (Å²) in [5, 5.41) is 7.54. The number of amides is 2. The Bertz CT molecular complexity index is 897. The zero-order valence-electron chi connectivity index (χ0n) is 13.6. The molecule has 2 N–H and O–H groups in total. The third kappa shape index (κ3) is 4.93. The maximum absolute atomic E-state index is 12.9. The highest BCUT2D eigenvalue weighted by Crippen LogP contribution is 2.17. The summed E-state index contributed by atoms with van der Waals surface area (Å²) in [4.78, 5) is 32.2. The number of rotatable bonds is 6. The van der Waals surface area contributed by atoms with Crippen LogP contribution in [0.25, 0.3) is 0 Å². The Balaban J connectivity index is 1.51. The van der Waals surface area contributed by atoms with Gasteiger partial charge < -0.3 is 5.32 Å². The molecule has 3 rings (SSSR count). The average Bonchev–Trinajstić information content (AvgIpc) is 3.08. The van der Waals surface area contributed by atoms with Crippen LogP contribution in [0.1, 0.15) is 21.6 Å². The second-order valence-electron chi connectivity index (χ2n) is 5.41. The summed E-state index contributed by atoms with van der Waals surface area (Å²) in [6, 6.07) is 8.88. The van der Waals surface area contributed by atoms with Crippen LogP contribution in [0.15, 0.2) is 54.2 Å². The number of carbonyl (C=O) groups is 2. The van der Waals surface area contributed by atoms with Crippen molar-refractivity contribution < 1.29 is 14.0 Å². The van der Waals surface area contributed by atoms with Crippen molar-refractivity contribution >= 4 is 28.3 Å². The lowest BCUT2D eigenvalue weighted by Gasteiger charge is -2.04. The number of nitrogens with zero attached hydrogens (tertiary/aromatic N) is 2. The molecular formula is C18H15FN4O2S. The van der Waals surface area contributed by atoms with Gasteiger partial charge in [-0.25, -0.2) is 9.37 Å². The van der Waals surface area contributed by atoms with E-state index in [1.807, 2.05) is 12.1 Å². The average molecular weight is 370 g/mol. The SMILES string of the molecule is O=C(Cc1csc(NC(=O)c2ccc(F)cc2)n1)NCc1ccncc1. The lowest BCUT2D eigenvalue weighted by molar-refractivity contribution is -0.120. The van der Waals surface area contributed by atoms with Crippen molar-refractivity contribution in [2.75, 3.05) is 5.32 Å². The standard InChI is InChI=1S/C18H15FN4O2S/c19-14-3-1-13(2-4-14)17(25)23-18-22-15(11-26-18)9-16(24)21-10-12-5-7-20-8-6-12/h1-8,11H,9-10H2,(H,21,24)(H,22,23,25). The number of hydrogen-bond donors (Lipinski definition) is 2. The van der Waals surface area contributed by atoms with Crippen molar-refractivity contribution in [2.24, 2.45) is 0 Å². The molecule has 0 bridgehead atoms. The molecule has 0 saturated carbocycles. The molecule has 0 unspecified atom stereocenters. The number of carbonyl (C=O) groups excluding carboxylic acids is 2. The first kappa shape index (κ1) is 17.7. The Morgan fingerprint density at radius 2 is 1.81 bits per heavy atom. The fraction of sp³-hybridized carbons (Fsp3) is 0.111. The van der Waals surface area contributed by atoms with Crippen LogP contribution >= 0.6 is 11.3 Å². The van der Waals surface area contributed by atoms with Gasteiger partial charge in [0.25, 0.3) is 5.91 Å². The van der Waals surface area contributed by atoms with Crippen molar-refractivity contribution in [3.05, 3.63) is 76.8 Å². The van der Waals surface area contributed by atoms with Gasteiger partial charge in [0.2, 0.25) is 5.91 Å². The van der Waals surface area contributed by atoms with Gasteiger partial charge in [-0.05, 0) is 42.0 Å². The highest BCUT2D eigenvalue weighted by Gasteiger charge is 2.11.